The van der Waals surface area contributed by atoms with Gasteiger partial charge in [0.25, 0.3) is 0 Å². The number of fused-ring (bicyclic) bond motifs is 12. The molecule has 4 aromatic heterocycles. The summed E-state index contributed by atoms with van der Waals surface area (Å²) >= 11 is 1.85. The van der Waals surface area contributed by atoms with Crippen LogP contribution < -0.4 is 20.7 Å². The van der Waals surface area contributed by atoms with E-state index in [2.05, 4.69) is 206 Å². The smallest absolute Gasteiger partial charge is 0.188 e. The van der Waals surface area contributed by atoms with Gasteiger partial charge in [-0.05, 0) is 104 Å². The molecular formula is C60H36O3SSi. The molecule has 14 aromatic rings. The lowest BCUT2D eigenvalue weighted by Crippen LogP contribution is -2.75. The lowest BCUT2D eigenvalue weighted by Gasteiger charge is -2.34. The third kappa shape index (κ3) is 5.40. The zero-order valence-electron chi connectivity index (χ0n) is 34.9. The average Bonchev–Trinajstić information content (AvgIpc) is 4.15. The van der Waals surface area contributed by atoms with Gasteiger partial charge >= 0.3 is 0 Å². The second-order valence-corrected chi connectivity index (χ2v) is 21.9. The molecular weight excluding hydrogens is 829 g/mol. The van der Waals surface area contributed by atoms with Gasteiger partial charge in [-0.2, -0.15) is 0 Å². The summed E-state index contributed by atoms with van der Waals surface area (Å²) in [6.45, 7) is 0. The minimum Gasteiger partial charge on any atom is -0.456 e. The van der Waals surface area contributed by atoms with Gasteiger partial charge in [0.15, 0.2) is 8.07 Å². The molecule has 0 fully saturated rings. The third-order valence-electron chi connectivity index (χ3n) is 13.6. The predicted octanol–water partition coefficient (Wildman–Crippen LogP) is 14.5. The molecule has 10 aromatic carbocycles. The van der Waals surface area contributed by atoms with Gasteiger partial charge in [-0.3, -0.25) is 0 Å². The first-order valence-electron chi connectivity index (χ1n) is 22.0. The van der Waals surface area contributed by atoms with Crippen LogP contribution in [-0.4, -0.2) is 8.07 Å². The topological polar surface area (TPSA) is 39.4 Å². The van der Waals surface area contributed by atoms with Crippen molar-refractivity contribution in [1.82, 2.24) is 0 Å². The first-order valence-corrected chi connectivity index (χ1v) is 24.9. The number of furan rings is 3. The Bertz CT molecular complexity index is 3920. The molecule has 0 aliphatic rings. The van der Waals surface area contributed by atoms with E-state index in [9.17, 15) is 0 Å². The molecule has 0 saturated heterocycles. The van der Waals surface area contributed by atoms with E-state index in [1.807, 2.05) is 23.5 Å². The van der Waals surface area contributed by atoms with E-state index in [0.717, 1.165) is 76.9 Å². The fraction of sp³-hybridized carbons (Fsp3) is 0. The van der Waals surface area contributed by atoms with Crippen molar-refractivity contribution in [2.45, 2.75) is 0 Å². The standard InChI is InChI=1S/C60H36O3SSi/c1-3-13-41(14-4-1)65(42-15-5-2-6-16-42,57-23-11-19-45-48-34-38(26-30-53(48)62-59(45)57)37-25-29-52-47(33-37)43-17-7-9-21-51(43)61-52)58-24-12-20-46-49-35-39(27-31-54(49)63-60(46)58)40-28-32-56-50(36-40)44-18-8-10-22-55(44)64-56/h1-36H. The van der Waals surface area contributed by atoms with Crippen molar-refractivity contribution in [3.8, 4) is 22.3 Å². The molecule has 0 atom stereocenters. The molecule has 3 nitrogen and oxygen atoms in total. The van der Waals surface area contributed by atoms with Gasteiger partial charge in [0.1, 0.15) is 33.5 Å². The van der Waals surface area contributed by atoms with Crippen LogP contribution in [0.3, 0.4) is 0 Å². The molecule has 0 amide bonds. The second-order valence-electron chi connectivity index (χ2n) is 17.1. The molecule has 0 spiro atoms. The molecule has 5 heteroatoms. The van der Waals surface area contributed by atoms with Crippen LogP contribution in [0.25, 0.3) is 108 Å². The highest BCUT2D eigenvalue weighted by molar-refractivity contribution is 7.25. The molecule has 0 aliphatic carbocycles. The van der Waals surface area contributed by atoms with Gasteiger partial charge in [0, 0.05) is 52.5 Å². The van der Waals surface area contributed by atoms with Crippen LogP contribution in [0, 0.1) is 0 Å². The molecule has 65 heavy (non-hydrogen) atoms. The SMILES string of the molecule is c1ccc([Si](c2ccccc2)(c2cccc3c2oc2ccc(-c4ccc5oc6ccccc6c5c4)cc23)c2cccc3c2oc2ccc(-c4ccc5sc6ccccc6c5c4)cc23)cc1. The van der Waals surface area contributed by atoms with Crippen molar-refractivity contribution >= 4 is 126 Å². The van der Waals surface area contributed by atoms with Crippen LogP contribution in [0.2, 0.25) is 0 Å². The van der Waals surface area contributed by atoms with Crippen molar-refractivity contribution in [2.75, 3.05) is 0 Å². The maximum atomic E-state index is 7.15. The Balaban J connectivity index is 0.993. The molecule has 0 bridgehead atoms. The largest absolute Gasteiger partial charge is 0.456 e. The van der Waals surface area contributed by atoms with Crippen molar-refractivity contribution in [2.24, 2.45) is 0 Å². The van der Waals surface area contributed by atoms with Crippen molar-refractivity contribution in [3.05, 3.63) is 218 Å². The zero-order valence-corrected chi connectivity index (χ0v) is 36.7. The van der Waals surface area contributed by atoms with Crippen LogP contribution in [0.15, 0.2) is 232 Å². The Kier molecular flexibility index (Phi) is 7.87. The number of thiophene rings is 1. The highest BCUT2D eigenvalue weighted by atomic mass is 32.1. The third-order valence-corrected chi connectivity index (χ3v) is 19.6. The van der Waals surface area contributed by atoms with Gasteiger partial charge in [-0.15, -0.1) is 11.3 Å². The summed E-state index contributed by atoms with van der Waals surface area (Å²) in [7, 11) is -3.20. The minimum atomic E-state index is -3.20. The van der Waals surface area contributed by atoms with Crippen molar-refractivity contribution in [3.63, 3.8) is 0 Å². The van der Waals surface area contributed by atoms with Crippen LogP contribution in [0.5, 0.6) is 0 Å². The Morgan fingerprint density at radius 1 is 0.277 bits per heavy atom. The predicted molar refractivity (Wildman–Crippen MR) is 276 cm³/mol. The lowest BCUT2D eigenvalue weighted by atomic mass is 10.0. The highest BCUT2D eigenvalue weighted by Crippen LogP contribution is 2.40. The molecule has 0 saturated carbocycles. The number of benzene rings is 10. The number of para-hydroxylation sites is 3. The van der Waals surface area contributed by atoms with Crippen LogP contribution in [0.1, 0.15) is 0 Å². The normalized spacial score (nSPS) is 12.3. The Morgan fingerprint density at radius 2 is 0.692 bits per heavy atom. The van der Waals surface area contributed by atoms with E-state index >= 15 is 0 Å². The molecule has 4 heterocycles. The first kappa shape index (κ1) is 36.5. The molecule has 0 radical (unpaired) electrons. The number of hydrogen-bond acceptors (Lipinski definition) is 4. The maximum Gasteiger partial charge on any atom is 0.188 e. The first-order chi connectivity index (χ1) is 32.2. The van der Waals surface area contributed by atoms with E-state index in [-0.39, 0.29) is 0 Å². The van der Waals surface area contributed by atoms with Gasteiger partial charge < -0.3 is 13.3 Å². The summed E-state index contributed by atoms with van der Waals surface area (Å²) in [6, 6.07) is 79.2. The molecule has 0 aliphatic heterocycles. The van der Waals surface area contributed by atoms with E-state index in [4.69, 9.17) is 13.3 Å². The fourth-order valence-electron chi connectivity index (χ4n) is 10.7. The summed E-state index contributed by atoms with van der Waals surface area (Å²) in [5.41, 5.74) is 9.97. The van der Waals surface area contributed by atoms with Crippen molar-refractivity contribution in [1.29, 1.82) is 0 Å². The quantitative estimate of drug-likeness (QED) is 0.123. The van der Waals surface area contributed by atoms with E-state index in [0.29, 0.717) is 0 Å². The maximum absolute atomic E-state index is 7.15. The zero-order chi connectivity index (χ0) is 42.6. The summed E-state index contributed by atoms with van der Waals surface area (Å²) in [4.78, 5) is 0. The molecule has 14 rings (SSSR count). The van der Waals surface area contributed by atoms with Crippen molar-refractivity contribution < 1.29 is 13.3 Å². The Labute approximate surface area is 378 Å². The fourth-order valence-corrected chi connectivity index (χ4v) is 16.8. The second kappa shape index (κ2) is 14.0. The van der Waals surface area contributed by atoms with Gasteiger partial charge in [0.05, 0.1) is 0 Å². The minimum absolute atomic E-state index is 0.859. The summed E-state index contributed by atoms with van der Waals surface area (Å²) in [5, 5.41) is 14.1. The Hall–Kier alpha value is -7.96. The van der Waals surface area contributed by atoms with Gasteiger partial charge in [-0.1, -0.05) is 158 Å². The number of hydrogen-bond donors (Lipinski definition) is 0. The number of rotatable bonds is 6. The van der Waals surface area contributed by atoms with E-state index in [1.165, 1.54) is 52.0 Å². The average molecular weight is 865 g/mol. The molecule has 0 unspecified atom stereocenters. The van der Waals surface area contributed by atoms with Crippen LogP contribution in [-0.2, 0) is 0 Å². The van der Waals surface area contributed by atoms with Gasteiger partial charge in [0.2, 0.25) is 0 Å². The highest BCUT2D eigenvalue weighted by Gasteiger charge is 2.45. The van der Waals surface area contributed by atoms with E-state index in [1.54, 1.807) is 0 Å². The lowest BCUT2D eigenvalue weighted by molar-refractivity contribution is 0.669. The monoisotopic (exact) mass is 864 g/mol. The van der Waals surface area contributed by atoms with Gasteiger partial charge in [-0.25, -0.2) is 0 Å². The Morgan fingerprint density at radius 3 is 1.28 bits per heavy atom. The molecule has 304 valence electrons. The van der Waals surface area contributed by atoms with Crippen LogP contribution in [0.4, 0.5) is 0 Å². The summed E-state index contributed by atoms with van der Waals surface area (Å²) in [6.07, 6.45) is 0. The summed E-state index contributed by atoms with van der Waals surface area (Å²) < 4.78 is 23.1. The molecule has 0 N–H and O–H groups in total. The van der Waals surface area contributed by atoms with Crippen LogP contribution >= 0.6 is 11.3 Å². The summed E-state index contributed by atoms with van der Waals surface area (Å²) in [5.74, 6) is 0. The van der Waals surface area contributed by atoms with E-state index < -0.39 is 8.07 Å².